The summed E-state index contributed by atoms with van der Waals surface area (Å²) < 4.78 is 0. The van der Waals surface area contributed by atoms with Crippen LogP contribution in [0.15, 0.2) is 97.1 Å². The van der Waals surface area contributed by atoms with Gasteiger partial charge in [0.25, 0.3) is 0 Å². The molecule has 0 unspecified atom stereocenters. The summed E-state index contributed by atoms with van der Waals surface area (Å²) in [7, 11) is 0. The number of fused-ring (bicyclic) bond motifs is 2. The molecule has 0 bridgehead atoms. The maximum absolute atomic E-state index is 4.07. The Balaban J connectivity index is 1.70. The van der Waals surface area contributed by atoms with Gasteiger partial charge in [-0.2, -0.15) is 0 Å². The second-order valence-corrected chi connectivity index (χ2v) is 9.87. The highest BCUT2D eigenvalue weighted by atomic mass is 14.7. The van der Waals surface area contributed by atoms with E-state index in [0.29, 0.717) is 0 Å². The van der Waals surface area contributed by atoms with E-state index < -0.39 is 0 Å². The minimum atomic E-state index is 1.03. The fourth-order valence-corrected chi connectivity index (χ4v) is 4.32. The zero-order valence-corrected chi connectivity index (χ0v) is 22.3. The van der Waals surface area contributed by atoms with Crippen molar-refractivity contribution in [2.24, 2.45) is 0 Å². The van der Waals surface area contributed by atoms with Gasteiger partial charge in [-0.15, -0.1) is 0 Å². The molecule has 2 N–H and O–H groups in total. The van der Waals surface area contributed by atoms with Crippen molar-refractivity contribution < 1.29 is 0 Å². The molecule has 0 aliphatic carbocycles. The first-order valence-electron chi connectivity index (χ1n) is 12.4. The summed E-state index contributed by atoms with van der Waals surface area (Å²) in [5.41, 5.74) is 14.2. The quantitative estimate of drug-likeness (QED) is 0.251. The number of aromatic nitrogens is 2. The Labute approximate surface area is 215 Å². The molecule has 2 heterocycles. The summed E-state index contributed by atoms with van der Waals surface area (Å²) in [6.45, 7) is 21.1. The van der Waals surface area contributed by atoms with Crippen molar-refractivity contribution in [2.75, 3.05) is 0 Å². The lowest BCUT2D eigenvalue weighted by atomic mass is 10.0. The lowest BCUT2D eigenvalue weighted by molar-refractivity contribution is 1.36. The van der Waals surface area contributed by atoms with E-state index in [1.165, 1.54) is 44.2 Å². The van der Waals surface area contributed by atoms with Crippen molar-refractivity contribution in [2.45, 2.75) is 41.5 Å². The second-order valence-electron chi connectivity index (χ2n) is 9.87. The first-order chi connectivity index (χ1) is 17.2. The zero-order valence-electron chi connectivity index (χ0n) is 22.3. The van der Waals surface area contributed by atoms with Crippen molar-refractivity contribution in [1.29, 1.82) is 0 Å². The third-order valence-electron chi connectivity index (χ3n) is 7.12. The SMILES string of the molecule is C=C/C(=C\C=C(/C=C)c1cc2ccc(C(C)=C(C)C)cc2[nH]1)c1cc2ccc(C(C)=C(C)C)cc2[nH]1. The number of hydrogen-bond acceptors (Lipinski definition) is 0. The van der Waals surface area contributed by atoms with Crippen LogP contribution in [0.5, 0.6) is 0 Å². The molecule has 0 fully saturated rings. The van der Waals surface area contributed by atoms with Crippen molar-refractivity contribution in [3.63, 3.8) is 0 Å². The molecular weight excluding hydrogens is 436 g/mol. The van der Waals surface area contributed by atoms with Crippen molar-refractivity contribution >= 4 is 44.1 Å². The minimum absolute atomic E-state index is 1.03. The Morgan fingerprint density at radius 3 is 1.31 bits per heavy atom. The summed E-state index contributed by atoms with van der Waals surface area (Å²) in [5, 5.41) is 2.38. The van der Waals surface area contributed by atoms with Gasteiger partial charge < -0.3 is 9.97 Å². The van der Waals surface area contributed by atoms with Crippen LogP contribution in [0.1, 0.15) is 64.1 Å². The first kappa shape index (κ1) is 25.1. The fourth-order valence-electron chi connectivity index (χ4n) is 4.32. The molecule has 0 spiro atoms. The third-order valence-corrected chi connectivity index (χ3v) is 7.12. The minimum Gasteiger partial charge on any atom is -0.355 e. The van der Waals surface area contributed by atoms with Crippen molar-refractivity contribution in [1.82, 2.24) is 9.97 Å². The van der Waals surface area contributed by atoms with Crippen LogP contribution < -0.4 is 0 Å². The van der Waals surface area contributed by atoms with Gasteiger partial charge in [0.2, 0.25) is 0 Å². The van der Waals surface area contributed by atoms with Crippen LogP contribution in [0.25, 0.3) is 44.1 Å². The van der Waals surface area contributed by atoms with E-state index in [9.17, 15) is 0 Å². The maximum atomic E-state index is 4.07. The van der Waals surface area contributed by atoms with Gasteiger partial charge >= 0.3 is 0 Å². The molecule has 2 aromatic carbocycles. The molecule has 0 amide bonds. The van der Waals surface area contributed by atoms with Crippen LogP contribution in [0.2, 0.25) is 0 Å². The molecule has 0 radical (unpaired) electrons. The summed E-state index contributed by atoms with van der Waals surface area (Å²) in [6.07, 6.45) is 7.98. The molecule has 4 rings (SSSR count). The highest BCUT2D eigenvalue weighted by Gasteiger charge is 2.08. The molecule has 2 heteroatoms. The molecular formula is C34H36N2. The molecule has 36 heavy (non-hydrogen) atoms. The van der Waals surface area contributed by atoms with Gasteiger partial charge in [0.05, 0.1) is 0 Å². The average molecular weight is 473 g/mol. The van der Waals surface area contributed by atoms with Gasteiger partial charge in [0.1, 0.15) is 0 Å². The summed E-state index contributed by atoms with van der Waals surface area (Å²) in [6, 6.07) is 17.6. The fraction of sp³-hybridized carbons (Fsp3) is 0.176. The smallest absolute Gasteiger partial charge is 0.0464 e. The standard InChI is InChI=1S/C34H36N2/c1-9-25(31-19-29-15-13-27(17-33(29)35-31)23(7)21(3)4)11-12-26(10-2)32-20-30-16-14-28(18-34(30)36-32)24(8)22(5)6/h9-20,35-36H,1-2H2,3-8H3/b25-11+,26-12+. The van der Waals surface area contributed by atoms with Crippen LogP contribution in [0.3, 0.4) is 0 Å². The van der Waals surface area contributed by atoms with E-state index >= 15 is 0 Å². The molecule has 0 aliphatic heterocycles. The van der Waals surface area contributed by atoms with E-state index in [2.05, 4.69) is 125 Å². The van der Waals surface area contributed by atoms with E-state index in [1.807, 2.05) is 12.2 Å². The Kier molecular flexibility index (Phi) is 7.17. The number of rotatable bonds is 7. The molecule has 0 atom stereocenters. The normalized spacial score (nSPS) is 12.2. The van der Waals surface area contributed by atoms with Gasteiger partial charge in [-0.05, 0) is 99.2 Å². The predicted octanol–water partition coefficient (Wildman–Crippen LogP) is 10.1. The molecule has 0 saturated heterocycles. The number of hydrogen-bond donors (Lipinski definition) is 2. The molecule has 2 nitrogen and oxygen atoms in total. The molecule has 182 valence electrons. The Hall–Kier alpha value is -4.04. The molecule has 4 aromatic rings. The maximum Gasteiger partial charge on any atom is 0.0464 e. The lowest BCUT2D eigenvalue weighted by Crippen LogP contribution is -1.84. The van der Waals surface area contributed by atoms with Crippen LogP contribution in [-0.2, 0) is 0 Å². The van der Waals surface area contributed by atoms with E-state index in [-0.39, 0.29) is 0 Å². The average Bonchev–Trinajstić information content (AvgIpc) is 3.48. The van der Waals surface area contributed by atoms with Crippen LogP contribution in [0, 0.1) is 0 Å². The van der Waals surface area contributed by atoms with Gasteiger partial charge in [0, 0.05) is 33.2 Å². The number of aromatic amines is 2. The molecule has 2 aromatic heterocycles. The zero-order chi connectivity index (χ0) is 26.0. The summed E-state index contributed by atoms with van der Waals surface area (Å²) >= 11 is 0. The van der Waals surface area contributed by atoms with Crippen LogP contribution in [0.4, 0.5) is 0 Å². The van der Waals surface area contributed by atoms with Crippen molar-refractivity contribution in [3.05, 3.63) is 120 Å². The van der Waals surface area contributed by atoms with Gasteiger partial charge in [-0.25, -0.2) is 0 Å². The number of H-pyrrole nitrogens is 2. The summed E-state index contributed by atoms with van der Waals surface area (Å²) in [4.78, 5) is 7.16. The highest BCUT2D eigenvalue weighted by molar-refractivity contribution is 5.91. The van der Waals surface area contributed by atoms with E-state index in [0.717, 1.165) is 33.6 Å². The molecule has 0 aliphatic rings. The topological polar surface area (TPSA) is 31.6 Å². The predicted molar refractivity (Wildman–Crippen MR) is 161 cm³/mol. The monoisotopic (exact) mass is 472 g/mol. The molecule has 0 saturated carbocycles. The van der Waals surface area contributed by atoms with Crippen LogP contribution >= 0.6 is 0 Å². The van der Waals surface area contributed by atoms with E-state index in [1.54, 1.807) is 0 Å². The number of nitrogens with one attached hydrogen (secondary N) is 2. The Morgan fingerprint density at radius 1 is 0.583 bits per heavy atom. The number of allylic oxidation sites excluding steroid dienone is 10. The summed E-state index contributed by atoms with van der Waals surface area (Å²) in [5.74, 6) is 0. The van der Waals surface area contributed by atoms with Crippen LogP contribution in [-0.4, -0.2) is 9.97 Å². The van der Waals surface area contributed by atoms with Gasteiger partial charge in [0.15, 0.2) is 0 Å². The van der Waals surface area contributed by atoms with Gasteiger partial charge in [-0.3, -0.25) is 0 Å². The largest absolute Gasteiger partial charge is 0.355 e. The lowest BCUT2D eigenvalue weighted by Gasteiger charge is -2.04. The number of benzene rings is 2. The first-order valence-corrected chi connectivity index (χ1v) is 12.4. The van der Waals surface area contributed by atoms with Crippen molar-refractivity contribution in [3.8, 4) is 0 Å². The highest BCUT2D eigenvalue weighted by Crippen LogP contribution is 2.29. The van der Waals surface area contributed by atoms with Gasteiger partial charge in [-0.1, -0.05) is 72.9 Å². The Morgan fingerprint density at radius 2 is 0.972 bits per heavy atom. The van der Waals surface area contributed by atoms with E-state index in [4.69, 9.17) is 0 Å². The Bertz CT molecular complexity index is 1480. The third kappa shape index (κ3) is 4.99. The second kappa shape index (κ2) is 10.3.